The molecule has 0 spiro atoms. The van der Waals surface area contributed by atoms with Crippen LogP contribution in [0.1, 0.15) is 27.2 Å². The van der Waals surface area contributed by atoms with E-state index in [-0.39, 0.29) is 11.3 Å². The van der Waals surface area contributed by atoms with E-state index >= 15 is 0 Å². The lowest BCUT2D eigenvalue weighted by Crippen LogP contribution is -2.69. The summed E-state index contributed by atoms with van der Waals surface area (Å²) in [6, 6.07) is 0. The van der Waals surface area contributed by atoms with Gasteiger partial charge in [-0.2, -0.15) is 10.5 Å². The maximum absolute atomic E-state index is 11.8. The minimum atomic E-state index is -1.45. The molecule has 0 aliphatic carbocycles. The second-order valence-corrected chi connectivity index (χ2v) is 8.63. The SMILES string of the molecule is C[SiH](C)ON[C@@]1(C(=O)O)C(C(C)(C)C)CCN1NO. The maximum atomic E-state index is 11.8. The molecule has 0 aromatic rings. The number of rotatable bonds is 5. The first-order chi connectivity index (χ1) is 8.66. The summed E-state index contributed by atoms with van der Waals surface area (Å²) in [5.74, 6) is -1.26. The third-order valence-electron chi connectivity index (χ3n) is 3.51. The standard InChI is InChI=1S/C11H25N3O4Si/c1-10(2,3)8-6-7-14(13-17)11(8,9(15)16)12-18-19(4)5/h8,12-13,17,19H,6-7H2,1-5H3,(H,15,16)/t8?,11-/m0/s1. The Morgan fingerprint density at radius 2 is 2.05 bits per heavy atom. The van der Waals surface area contributed by atoms with E-state index in [0.717, 1.165) is 0 Å². The third kappa shape index (κ3) is 3.15. The highest BCUT2D eigenvalue weighted by atomic mass is 28.3. The highest BCUT2D eigenvalue weighted by molar-refractivity contribution is 6.48. The number of nitrogens with zero attached hydrogens (tertiary/aromatic N) is 1. The van der Waals surface area contributed by atoms with Crippen LogP contribution in [0.15, 0.2) is 0 Å². The van der Waals surface area contributed by atoms with E-state index in [4.69, 9.17) is 4.53 Å². The van der Waals surface area contributed by atoms with Crippen LogP contribution in [0.2, 0.25) is 13.1 Å². The number of hydrazine groups is 1. The van der Waals surface area contributed by atoms with Crippen LogP contribution in [0, 0.1) is 11.3 Å². The predicted molar refractivity (Wildman–Crippen MR) is 72.7 cm³/mol. The molecule has 1 unspecified atom stereocenters. The van der Waals surface area contributed by atoms with Gasteiger partial charge in [-0.15, -0.1) is 5.59 Å². The third-order valence-corrected chi connectivity index (χ3v) is 4.10. The van der Waals surface area contributed by atoms with Gasteiger partial charge in [-0.05, 0) is 24.9 Å². The number of carbonyl (C=O) groups is 1. The molecule has 2 atom stereocenters. The topological polar surface area (TPSA) is 94.1 Å². The van der Waals surface area contributed by atoms with Crippen molar-refractivity contribution in [1.82, 2.24) is 16.1 Å². The van der Waals surface area contributed by atoms with Crippen molar-refractivity contribution in [3.63, 3.8) is 0 Å². The largest absolute Gasteiger partial charge is 0.479 e. The smallest absolute Gasteiger partial charge is 0.342 e. The van der Waals surface area contributed by atoms with Gasteiger partial charge in [0.2, 0.25) is 5.66 Å². The van der Waals surface area contributed by atoms with Gasteiger partial charge in [-0.1, -0.05) is 20.8 Å². The Morgan fingerprint density at radius 3 is 2.42 bits per heavy atom. The van der Waals surface area contributed by atoms with Crippen molar-refractivity contribution in [1.29, 1.82) is 0 Å². The zero-order valence-electron chi connectivity index (χ0n) is 12.2. The molecule has 1 rings (SSSR count). The fourth-order valence-corrected chi connectivity index (χ4v) is 3.08. The Kier molecular flexibility index (Phi) is 5.10. The summed E-state index contributed by atoms with van der Waals surface area (Å²) in [4.78, 5) is 11.8. The van der Waals surface area contributed by atoms with Crippen LogP contribution < -0.4 is 11.1 Å². The van der Waals surface area contributed by atoms with Crippen molar-refractivity contribution in [2.45, 2.75) is 45.9 Å². The van der Waals surface area contributed by atoms with Gasteiger partial charge in [0.15, 0.2) is 9.04 Å². The number of hydrogen-bond acceptors (Lipinski definition) is 6. The van der Waals surface area contributed by atoms with E-state index in [1.807, 2.05) is 39.5 Å². The van der Waals surface area contributed by atoms with Crippen molar-refractivity contribution >= 4 is 15.0 Å². The Balaban J connectivity index is 3.14. The zero-order valence-corrected chi connectivity index (χ0v) is 13.4. The van der Waals surface area contributed by atoms with Crippen molar-refractivity contribution in [3.05, 3.63) is 0 Å². The molecule has 0 aromatic heterocycles. The van der Waals surface area contributed by atoms with Gasteiger partial charge < -0.3 is 14.8 Å². The van der Waals surface area contributed by atoms with Gasteiger partial charge in [-0.25, -0.2) is 4.79 Å². The number of carboxylic acids is 1. The molecule has 0 saturated carbocycles. The molecular weight excluding hydrogens is 266 g/mol. The van der Waals surface area contributed by atoms with Gasteiger partial charge in [0.05, 0.1) is 0 Å². The van der Waals surface area contributed by atoms with Gasteiger partial charge in [0.25, 0.3) is 0 Å². The number of aliphatic carboxylic acids is 1. The first-order valence-corrected chi connectivity index (χ1v) is 9.28. The van der Waals surface area contributed by atoms with Crippen molar-refractivity contribution in [3.8, 4) is 0 Å². The molecule has 0 radical (unpaired) electrons. The van der Waals surface area contributed by atoms with E-state index in [1.165, 1.54) is 5.01 Å². The number of carboxylic acid groups (broad SMARTS) is 1. The van der Waals surface area contributed by atoms with Gasteiger partial charge in [0, 0.05) is 12.5 Å². The normalized spacial score (nSPS) is 29.1. The second kappa shape index (κ2) is 5.86. The minimum absolute atomic E-state index is 0.204. The number of hydroxylamine groups is 1. The van der Waals surface area contributed by atoms with E-state index in [0.29, 0.717) is 13.0 Å². The second-order valence-electron chi connectivity index (χ2n) is 6.30. The summed E-state index contributed by atoms with van der Waals surface area (Å²) in [6.07, 6.45) is 0.652. The molecule has 0 bridgehead atoms. The Hall–Kier alpha value is -0.513. The molecule has 19 heavy (non-hydrogen) atoms. The van der Waals surface area contributed by atoms with Crippen LogP contribution in [-0.2, 0) is 9.32 Å². The maximum Gasteiger partial charge on any atom is 0.342 e. The van der Waals surface area contributed by atoms with Crippen LogP contribution in [0.3, 0.4) is 0 Å². The molecule has 112 valence electrons. The fraction of sp³-hybridized carbons (Fsp3) is 0.909. The summed E-state index contributed by atoms with van der Waals surface area (Å²) in [7, 11) is -1.44. The zero-order chi connectivity index (χ0) is 14.8. The average Bonchev–Trinajstić information content (AvgIpc) is 2.65. The van der Waals surface area contributed by atoms with Gasteiger partial charge in [0.1, 0.15) is 0 Å². The number of hydrogen-bond donors (Lipinski definition) is 4. The molecule has 0 amide bonds. The molecule has 4 N–H and O–H groups in total. The summed E-state index contributed by atoms with van der Waals surface area (Å²) >= 11 is 0. The van der Waals surface area contributed by atoms with E-state index in [9.17, 15) is 15.1 Å². The molecule has 1 heterocycles. The molecular formula is C11H25N3O4Si. The highest BCUT2D eigenvalue weighted by Crippen LogP contribution is 2.43. The summed E-state index contributed by atoms with van der Waals surface area (Å²) in [5.41, 5.74) is 3.01. The number of nitrogens with one attached hydrogen (secondary N) is 2. The van der Waals surface area contributed by atoms with Crippen molar-refractivity contribution in [2.24, 2.45) is 11.3 Å². The summed E-state index contributed by atoms with van der Waals surface area (Å²) in [6.45, 7) is 10.3. The molecule has 0 aromatic carbocycles. The first kappa shape index (κ1) is 16.5. The Morgan fingerprint density at radius 1 is 1.47 bits per heavy atom. The molecule has 7 nitrogen and oxygen atoms in total. The lowest BCUT2D eigenvalue weighted by atomic mass is 9.73. The lowest BCUT2D eigenvalue weighted by Gasteiger charge is -2.43. The quantitative estimate of drug-likeness (QED) is 0.434. The predicted octanol–water partition coefficient (Wildman–Crippen LogP) is 0.534. The highest BCUT2D eigenvalue weighted by Gasteiger charge is 2.59. The average molecular weight is 291 g/mol. The monoisotopic (exact) mass is 291 g/mol. The molecule has 1 aliphatic rings. The van der Waals surface area contributed by atoms with Crippen LogP contribution in [0.4, 0.5) is 0 Å². The van der Waals surface area contributed by atoms with E-state index in [1.54, 1.807) is 0 Å². The summed E-state index contributed by atoms with van der Waals surface area (Å²) < 4.78 is 5.46. The molecule has 1 saturated heterocycles. The summed E-state index contributed by atoms with van der Waals surface area (Å²) in [5, 5.41) is 20.2. The molecule has 1 aliphatic heterocycles. The van der Waals surface area contributed by atoms with Crippen LogP contribution >= 0.6 is 0 Å². The van der Waals surface area contributed by atoms with E-state index in [2.05, 4.69) is 5.48 Å². The fourth-order valence-electron chi connectivity index (χ4n) is 2.66. The lowest BCUT2D eigenvalue weighted by molar-refractivity contribution is -0.187. The van der Waals surface area contributed by atoms with Gasteiger partial charge in [-0.3, -0.25) is 0 Å². The first-order valence-electron chi connectivity index (χ1n) is 6.49. The Labute approximate surface area is 115 Å². The Bertz CT molecular complexity index is 334. The molecule has 8 heteroatoms. The van der Waals surface area contributed by atoms with Gasteiger partial charge >= 0.3 is 5.97 Å². The van der Waals surface area contributed by atoms with Crippen LogP contribution in [-0.4, -0.2) is 42.5 Å². The van der Waals surface area contributed by atoms with Crippen LogP contribution in [0.25, 0.3) is 0 Å². The van der Waals surface area contributed by atoms with Crippen molar-refractivity contribution in [2.75, 3.05) is 6.54 Å². The van der Waals surface area contributed by atoms with Crippen LogP contribution in [0.5, 0.6) is 0 Å². The van der Waals surface area contributed by atoms with E-state index < -0.39 is 20.7 Å². The minimum Gasteiger partial charge on any atom is -0.479 e. The molecule has 1 fully saturated rings. The van der Waals surface area contributed by atoms with Crippen molar-refractivity contribution < 1.29 is 19.6 Å².